The maximum absolute atomic E-state index is 14.5. The van der Waals surface area contributed by atoms with Gasteiger partial charge < -0.3 is 26.0 Å². The topological polar surface area (TPSA) is 275 Å². The molecule has 8 aromatic rings. The SMILES string of the molecule is C.C.CC(=O)c1nn(CC(=O)N2C[C@H](F)C[C@H]2C(=O)Nc2nc(Br)ccc2C)c2ccc(-c3cnc(C)cn3)cc12.CC(=O)c1nn(CC(=O)O)c2ccc(-c3cnc(C)cn3)cc12.Cc1ccc(Br)nc1NC(=O)[C@@H]1C[C@@H](F)CN1.Cl.S.S=S. The summed E-state index contributed by atoms with van der Waals surface area (Å²) in [6, 6.07) is 16.4. The Kier molecular flexibility index (Phi) is 27.5. The molecule has 4 atom stereocenters. The van der Waals surface area contributed by atoms with Gasteiger partial charge in [-0.15, -0.1) is 12.4 Å². The zero-order valence-corrected chi connectivity index (χ0v) is 51.8. The van der Waals surface area contributed by atoms with Gasteiger partial charge in [-0.05, 0) is 107 Å². The van der Waals surface area contributed by atoms with Gasteiger partial charge >= 0.3 is 5.97 Å². The Hall–Kier alpha value is -7.08. The van der Waals surface area contributed by atoms with Gasteiger partial charge in [0, 0.05) is 89.9 Å². The fraction of sp³-hybridized carbons (Fsp3) is 0.321. The van der Waals surface area contributed by atoms with E-state index >= 15 is 0 Å². The van der Waals surface area contributed by atoms with Gasteiger partial charge in [0.25, 0.3) is 0 Å². The van der Waals surface area contributed by atoms with Gasteiger partial charge in [-0.1, -0.05) is 39.1 Å². The number of carboxylic acids is 1. The molecule has 0 saturated carbocycles. The van der Waals surface area contributed by atoms with E-state index in [9.17, 15) is 37.5 Å². The molecule has 0 aliphatic carbocycles. The number of ketones is 2. The van der Waals surface area contributed by atoms with Gasteiger partial charge in [-0.2, -0.15) is 23.7 Å². The van der Waals surface area contributed by atoms with E-state index in [1.165, 1.54) is 28.1 Å². The number of pyridine rings is 2. The van der Waals surface area contributed by atoms with Crippen molar-refractivity contribution in [1.82, 2.24) is 59.7 Å². The summed E-state index contributed by atoms with van der Waals surface area (Å²) in [6.07, 6.45) is 4.44. The van der Waals surface area contributed by atoms with E-state index in [0.717, 1.165) is 33.6 Å². The molecule has 0 radical (unpaired) electrons. The molecule has 0 bridgehead atoms. The summed E-state index contributed by atoms with van der Waals surface area (Å²) in [6.45, 7) is 9.61. The van der Waals surface area contributed by atoms with Crippen LogP contribution in [-0.4, -0.2) is 132 Å². The molecule has 2 saturated heterocycles. The Bertz CT molecular complexity index is 3700. The molecule has 0 spiro atoms. The van der Waals surface area contributed by atoms with Crippen molar-refractivity contribution in [2.45, 2.75) is 107 Å². The zero-order valence-electron chi connectivity index (χ0n) is 45.2. The Morgan fingerprint density at radius 3 is 1.53 bits per heavy atom. The molecule has 4 N–H and O–H groups in total. The number of carbonyl (C=O) groups excluding carboxylic acids is 5. The van der Waals surface area contributed by atoms with Crippen molar-refractivity contribution in [3.05, 3.63) is 129 Å². The van der Waals surface area contributed by atoms with E-state index in [4.69, 9.17) is 5.11 Å². The van der Waals surface area contributed by atoms with Crippen LogP contribution < -0.4 is 16.0 Å². The van der Waals surface area contributed by atoms with Crippen molar-refractivity contribution in [3.8, 4) is 22.5 Å². The number of aliphatic carboxylic acids is 1. The van der Waals surface area contributed by atoms with Gasteiger partial charge in [0.05, 0.1) is 58.8 Å². The number of fused-ring (bicyclic) bond motifs is 2. The van der Waals surface area contributed by atoms with Crippen LogP contribution in [0.15, 0.2) is 94.7 Å². The monoisotopic (exact) mass is 1370 g/mol. The van der Waals surface area contributed by atoms with Crippen molar-refractivity contribution in [2.75, 3.05) is 23.7 Å². The minimum absolute atomic E-state index is 0. The molecule has 8 heterocycles. The number of hydrogen-bond acceptors (Lipinski definition) is 17. The number of hydrogen-bond donors (Lipinski definition) is 4. The van der Waals surface area contributed by atoms with Crippen molar-refractivity contribution in [2.24, 2.45) is 0 Å². The third kappa shape index (κ3) is 18.2. The number of amides is 3. The van der Waals surface area contributed by atoms with Crippen molar-refractivity contribution >= 4 is 149 Å². The third-order valence-electron chi connectivity index (χ3n) is 12.8. The molecule has 29 heteroatoms. The number of aromatic nitrogens is 10. The smallest absolute Gasteiger partial charge is 0.325 e. The molecule has 21 nitrogen and oxygen atoms in total. The predicted octanol–water partition coefficient (Wildman–Crippen LogP) is 9.73. The first-order valence-electron chi connectivity index (χ1n) is 24.8. The molecular formula is C56H63Br2ClF2N14O7S3. The minimum Gasteiger partial charge on any atom is -0.480 e. The van der Waals surface area contributed by atoms with E-state index in [-0.39, 0.29) is 109 Å². The van der Waals surface area contributed by atoms with Crippen LogP contribution in [-0.2, 0) is 54.6 Å². The fourth-order valence-electron chi connectivity index (χ4n) is 8.74. The third-order valence-corrected chi connectivity index (χ3v) is 13.7. The van der Waals surface area contributed by atoms with Gasteiger partial charge in [-0.25, -0.2) is 18.7 Å². The number of nitrogens with one attached hydrogen (secondary N) is 3. The highest BCUT2D eigenvalue weighted by molar-refractivity contribution is 9.10. The molecular weight excluding hydrogens is 1310 g/mol. The van der Waals surface area contributed by atoms with E-state index < -0.39 is 42.2 Å². The van der Waals surface area contributed by atoms with Crippen LogP contribution in [0.5, 0.6) is 0 Å². The standard InChI is InChI=1S/C27H25BrFN7O3.C16H14N4O3.C11H13BrFN3O.2CH4.ClH.S2.H2S/c1-14-4-7-23(28)32-26(14)33-27(39)22-9-18(29)12-35(22)24(38)13-36-21-6-5-17(20-11-30-15(2)10-31-20)8-19(21)25(34-36)16(3)37;1-9-6-18-13(7-17-9)11-3-4-14-12(5-11)16(10(2)21)19-20(14)8-15(22)23;1-6-2-3-9(12)15-10(6)16-11(17)8-4-7(13)5-14-8;;;;1-2;/h4-8,10-11,18,22H,9,12-13H2,1-3H3,(H,32,33,39);3-7H,8H2,1-2H3,(H,22,23);2-3,7-8,14H,4-5H2,1H3,(H,15,16,17);2*1H4;1H;;1H2/t18-,22+;;7-,8+;;;;;/m1.1...../s1. The summed E-state index contributed by atoms with van der Waals surface area (Å²) in [5, 5.41) is 26.9. The molecule has 2 fully saturated rings. The second-order valence-corrected chi connectivity index (χ2v) is 20.5. The summed E-state index contributed by atoms with van der Waals surface area (Å²) < 4.78 is 31.4. The first-order chi connectivity index (χ1) is 38.6. The number of carboxylic acid groups (broad SMARTS) is 1. The number of benzene rings is 2. The lowest BCUT2D eigenvalue weighted by molar-refractivity contribution is -0.138. The average molecular weight is 1370 g/mol. The molecule has 2 aliphatic rings. The lowest BCUT2D eigenvalue weighted by atomic mass is 10.1. The maximum Gasteiger partial charge on any atom is 0.325 e. The van der Waals surface area contributed by atoms with E-state index in [1.807, 2.05) is 39.0 Å². The molecule has 452 valence electrons. The van der Waals surface area contributed by atoms with E-state index in [2.05, 4.69) is 110 Å². The van der Waals surface area contributed by atoms with Crippen LogP contribution >= 0.6 is 57.8 Å². The quantitative estimate of drug-likeness (QED) is 0.0654. The zero-order chi connectivity index (χ0) is 58.8. The number of likely N-dealkylation sites (tertiary alicyclic amines) is 1. The Balaban J connectivity index is 0.000000351. The van der Waals surface area contributed by atoms with Gasteiger partial charge in [0.15, 0.2) is 11.6 Å². The number of carbonyl (C=O) groups is 6. The molecule has 0 unspecified atom stereocenters. The number of alkyl halides is 2. The van der Waals surface area contributed by atoms with Crippen molar-refractivity contribution in [1.29, 1.82) is 0 Å². The predicted molar refractivity (Wildman–Crippen MR) is 341 cm³/mol. The first kappa shape index (κ1) is 72.2. The Morgan fingerprint density at radius 2 is 1.12 bits per heavy atom. The van der Waals surface area contributed by atoms with Crippen LogP contribution in [0.2, 0.25) is 0 Å². The molecule has 85 heavy (non-hydrogen) atoms. The number of nitrogens with zero attached hydrogens (tertiary/aromatic N) is 11. The number of Topliss-reactive ketones (excluding diaryl/α,β-unsaturated/α-hetero) is 2. The number of halogens is 5. The number of anilines is 2. The number of rotatable bonds is 12. The lowest BCUT2D eigenvalue weighted by Gasteiger charge is -2.24. The van der Waals surface area contributed by atoms with Crippen molar-refractivity contribution in [3.63, 3.8) is 0 Å². The summed E-state index contributed by atoms with van der Waals surface area (Å²) in [7, 11) is 0. The average Bonchev–Trinajstić information content (AvgIpc) is 2.09. The number of aryl methyl sites for hydroxylation is 4. The van der Waals surface area contributed by atoms with Crippen LogP contribution in [0.1, 0.15) is 85.0 Å². The van der Waals surface area contributed by atoms with Gasteiger partial charge in [0.1, 0.15) is 63.7 Å². The maximum atomic E-state index is 14.5. The molecule has 2 aliphatic heterocycles. The Labute approximate surface area is 529 Å². The molecule has 6 aromatic heterocycles. The first-order valence-corrected chi connectivity index (χ1v) is 27.7. The summed E-state index contributed by atoms with van der Waals surface area (Å²) >= 11 is 13.9. The molecule has 3 amide bonds. The highest BCUT2D eigenvalue weighted by atomic mass is 79.9. The lowest BCUT2D eigenvalue weighted by Crippen LogP contribution is -2.44. The normalized spacial score (nSPS) is 15.5. The highest BCUT2D eigenvalue weighted by Gasteiger charge is 2.40. The summed E-state index contributed by atoms with van der Waals surface area (Å²) in [5.41, 5.74) is 7.67. The van der Waals surface area contributed by atoms with Gasteiger partial charge in [-0.3, -0.25) is 58.1 Å². The summed E-state index contributed by atoms with van der Waals surface area (Å²) in [5.74, 6) is -1.89. The molecule has 10 rings (SSSR count). The fourth-order valence-corrected chi connectivity index (χ4v) is 9.36. The molecule has 2 aromatic carbocycles. The largest absolute Gasteiger partial charge is 0.480 e. The summed E-state index contributed by atoms with van der Waals surface area (Å²) in [4.78, 5) is 100. The highest BCUT2D eigenvalue weighted by Crippen LogP contribution is 2.30. The second-order valence-electron chi connectivity index (χ2n) is 18.8. The Morgan fingerprint density at radius 1 is 0.659 bits per heavy atom. The second kappa shape index (κ2) is 32.4. The van der Waals surface area contributed by atoms with Gasteiger partial charge in [0.2, 0.25) is 17.7 Å². The van der Waals surface area contributed by atoms with E-state index in [1.54, 1.807) is 74.2 Å². The van der Waals surface area contributed by atoms with Crippen LogP contribution in [0.4, 0.5) is 20.4 Å². The van der Waals surface area contributed by atoms with Crippen LogP contribution in [0.25, 0.3) is 44.3 Å². The van der Waals surface area contributed by atoms with Crippen LogP contribution in [0, 0.1) is 27.7 Å². The van der Waals surface area contributed by atoms with Crippen molar-refractivity contribution < 1.29 is 42.7 Å². The van der Waals surface area contributed by atoms with Crippen LogP contribution in [0.3, 0.4) is 0 Å². The minimum atomic E-state index is -1.35. The van der Waals surface area contributed by atoms with E-state index in [0.29, 0.717) is 54.0 Å².